The molecule has 0 radical (unpaired) electrons. The Bertz CT molecular complexity index is 716. The highest BCUT2D eigenvalue weighted by Crippen LogP contribution is 2.16. The molecule has 1 aromatic heterocycles. The van der Waals surface area contributed by atoms with Crippen LogP contribution in [0.25, 0.3) is 0 Å². The number of anilines is 1. The number of hydrogen-bond acceptors (Lipinski definition) is 7. The topological polar surface area (TPSA) is 111 Å². The van der Waals surface area contributed by atoms with Crippen molar-refractivity contribution in [2.45, 2.75) is 4.90 Å². The van der Waals surface area contributed by atoms with Gasteiger partial charge in [0.1, 0.15) is 0 Å². The van der Waals surface area contributed by atoms with Crippen molar-refractivity contribution in [2.24, 2.45) is 5.73 Å². The maximum atomic E-state index is 12.1. The quantitative estimate of drug-likeness (QED) is 0.774. The smallest absolute Gasteiger partial charge is 0.263 e. The zero-order valence-electron chi connectivity index (χ0n) is 9.57. The summed E-state index contributed by atoms with van der Waals surface area (Å²) in [5.74, 6) is 5.43. The van der Waals surface area contributed by atoms with Gasteiger partial charge in [0.05, 0.1) is 11.4 Å². The second-order valence-electron chi connectivity index (χ2n) is 3.31. The lowest BCUT2D eigenvalue weighted by molar-refractivity contribution is 0.601. The molecule has 1 aromatic carbocycles. The molecular formula is C10H9N5O2S2. The molecule has 2 rings (SSSR count). The van der Waals surface area contributed by atoms with Crippen LogP contribution in [0.5, 0.6) is 0 Å². The molecule has 9 heteroatoms. The summed E-state index contributed by atoms with van der Waals surface area (Å²) in [5, 5.41) is 6.94. The average molecular weight is 295 g/mol. The monoisotopic (exact) mass is 295 g/mol. The van der Waals surface area contributed by atoms with E-state index in [4.69, 9.17) is 5.73 Å². The summed E-state index contributed by atoms with van der Waals surface area (Å²) < 4.78 is 29.9. The lowest BCUT2D eigenvalue weighted by atomic mass is 10.2. The molecule has 0 saturated carbocycles. The molecule has 7 nitrogen and oxygen atoms in total. The van der Waals surface area contributed by atoms with Gasteiger partial charge < -0.3 is 5.73 Å². The van der Waals surface area contributed by atoms with Crippen LogP contribution in [-0.4, -0.2) is 29.8 Å². The summed E-state index contributed by atoms with van der Waals surface area (Å²) in [6.07, 6.45) is 0. The maximum Gasteiger partial charge on any atom is 0.263 e. The van der Waals surface area contributed by atoms with Gasteiger partial charge in [0.25, 0.3) is 10.0 Å². The minimum absolute atomic E-state index is 0.0894. The van der Waals surface area contributed by atoms with Gasteiger partial charge in [-0.3, -0.25) is 4.72 Å². The summed E-state index contributed by atoms with van der Waals surface area (Å²) in [5.41, 5.74) is 5.84. The van der Waals surface area contributed by atoms with Gasteiger partial charge in [-0.1, -0.05) is 27.5 Å². The first-order chi connectivity index (χ1) is 9.12. The predicted molar refractivity (Wildman–Crippen MR) is 70.9 cm³/mol. The zero-order chi connectivity index (χ0) is 13.7. The van der Waals surface area contributed by atoms with Crippen LogP contribution in [0.2, 0.25) is 0 Å². The minimum atomic E-state index is -3.71. The standard InChI is InChI=1S/C10H9N5O2S2/c11-6-2-4-8-3-1-5-9(7-8)19(16,17)13-10-12-14-15-18-10/h1,3,5,7H,6,11H2,(H,12,13,15). The first-order valence-corrected chi connectivity index (χ1v) is 7.34. The molecule has 3 N–H and O–H groups in total. The van der Waals surface area contributed by atoms with E-state index < -0.39 is 10.0 Å². The van der Waals surface area contributed by atoms with Gasteiger partial charge >= 0.3 is 0 Å². The Kier molecular flexibility index (Phi) is 4.06. The van der Waals surface area contributed by atoms with Gasteiger partial charge in [0, 0.05) is 17.1 Å². The number of nitrogens with two attached hydrogens (primary N) is 1. The average Bonchev–Trinajstić information content (AvgIpc) is 2.89. The summed E-state index contributed by atoms with van der Waals surface area (Å²) >= 11 is 0.856. The van der Waals surface area contributed by atoms with E-state index >= 15 is 0 Å². The van der Waals surface area contributed by atoms with E-state index in [1.165, 1.54) is 12.1 Å². The van der Waals surface area contributed by atoms with Gasteiger partial charge in [-0.05, 0) is 23.4 Å². The van der Waals surface area contributed by atoms with E-state index in [-0.39, 0.29) is 16.6 Å². The summed E-state index contributed by atoms with van der Waals surface area (Å²) in [6.45, 7) is 0.214. The fourth-order valence-electron chi connectivity index (χ4n) is 1.24. The van der Waals surface area contributed by atoms with Crippen molar-refractivity contribution in [1.29, 1.82) is 0 Å². The van der Waals surface area contributed by atoms with Crippen molar-refractivity contribution in [3.05, 3.63) is 29.8 Å². The minimum Gasteiger partial charge on any atom is -0.320 e. The van der Waals surface area contributed by atoms with Crippen LogP contribution < -0.4 is 10.5 Å². The van der Waals surface area contributed by atoms with Crippen molar-refractivity contribution < 1.29 is 8.42 Å². The number of rotatable bonds is 3. The van der Waals surface area contributed by atoms with Gasteiger partial charge in [-0.25, -0.2) is 8.42 Å². The molecule has 98 valence electrons. The fourth-order valence-corrected chi connectivity index (χ4v) is 2.87. The molecule has 2 aromatic rings. The third-order valence-electron chi connectivity index (χ3n) is 2.00. The van der Waals surface area contributed by atoms with Crippen LogP contribution in [0.4, 0.5) is 5.13 Å². The van der Waals surface area contributed by atoms with Gasteiger partial charge in [0.15, 0.2) is 0 Å². The highest BCUT2D eigenvalue weighted by molar-refractivity contribution is 7.93. The van der Waals surface area contributed by atoms with E-state index in [0.717, 1.165) is 11.5 Å². The number of benzene rings is 1. The molecule has 0 bridgehead atoms. The molecule has 0 aliphatic heterocycles. The number of aromatic nitrogens is 3. The van der Waals surface area contributed by atoms with Crippen LogP contribution in [0.1, 0.15) is 5.56 Å². The van der Waals surface area contributed by atoms with E-state index in [2.05, 4.69) is 31.4 Å². The largest absolute Gasteiger partial charge is 0.320 e. The molecule has 0 fully saturated rings. The SMILES string of the molecule is NCC#Cc1cccc(S(=O)(=O)Nc2nnns2)c1. The van der Waals surface area contributed by atoms with Gasteiger partial charge in [-0.2, -0.15) is 0 Å². The Balaban J connectivity index is 2.30. The molecule has 0 atom stereocenters. The van der Waals surface area contributed by atoms with Crippen LogP contribution in [0.3, 0.4) is 0 Å². The molecule has 0 aliphatic carbocycles. The van der Waals surface area contributed by atoms with Crippen molar-refractivity contribution in [2.75, 3.05) is 11.3 Å². The number of sulfonamides is 1. The van der Waals surface area contributed by atoms with Crippen molar-refractivity contribution in [1.82, 2.24) is 14.8 Å². The molecule has 0 saturated heterocycles. The van der Waals surface area contributed by atoms with E-state index in [0.29, 0.717) is 5.56 Å². The van der Waals surface area contributed by atoms with Crippen LogP contribution in [0, 0.1) is 11.8 Å². The Labute approximate surface area is 114 Å². The molecule has 0 spiro atoms. The second kappa shape index (κ2) is 5.75. The molecule has 0 aliphatic rings. The third kappa shape index (κ3) is 3.47. The Morgan fingerprint density at radius 2 is 2.26 bits per heavy atom. The van der Waals surface area contributed by atoms with Crippen molar-refractivity contribution >= 4 is 26.7 Å². The van der Waals surface area contributed by atoms with Crippen LogP contribution in [-0.2, 0) is 10.0 Å². The third-order valence-corrected chi connectivity index (χ3v) is 3.98. The molecular weight excluding hydrogens is 286 g/mol. The molecule has 0 amide bonds. The number of nitrogens with one attached hydrogen (secondary N) is 1. The van der Waals surface area contributed by atoms with Crippen molar-refractivity contribution in [3.63, 3.8) is 0 Å². The van der Waals surface area contributed by atoms with Crippen molar-refractivity contribution in [3.8, 4) is 11.8 Å². The highest BCUT2D eigenvalue weighted by atomic mass is 32.2. The maximum absolute atomic E-state index is 12.1. The van der Waals surface area contributed by atoms with E-state index in [9.17, 15) is 8.42 Å². The first-order valence-electron chi connectivity index (χ1n) is 5.09. The molecule has 1 heterocycles. The summed E-state index contributed by atoms with van der Waals surface area (Å²) in [4.78, 5) is 0.0894. The second-order valence-corrected chi connectivity index (χ2v) is 5.72. The van der Waals surface area contributed by atoms with Crippen LogP contribution in [0.15, 0.2) is 29.2 Å². The normalized spacial score (nSPS) is 10.6. The fraction of sp³-hybridized carbons (Fsp3) is 0.100. The lowest BCUT2D eigenvalue weighted by Crippen LogP contribution is -2.12. The summed E-state index contributed by atoms with van der Waals surface area (Å²) in [7, 11) is -3.71. The van der Waals surface area contributed by atoms with E-state index in [1.54, 1.807) is 12.1 Å². The first kappa shape index (κ1) is 13.4. The molecule has 19 heavy (non-hydrogen) atoms. The number of hydrogen-bond donors (Lipinski definition) is 2. The zero-order valence-corrected chi connectivity index (χ0v) is 11.2. The Hall–Kier alpha value is -2.02. The Morgan fingerprint density at radius 3 is 2.95 bits per heavy atom. The van der Waals surface area contributed by atoms with Crippen LogP contribution >= 0.6 is 11.5 Å². The highest BCUT2D eigenvalue weighted by Gasteiger charge is 2.16. The molecule has 0 unspecified atom stereocenters. The van der Waals surface area contributed by atoms with Gasteiger partial charge in [-0.15, -0.1) is 0 Å². The Morgan fingerprint density at radius 1 is 1.42 bits per heavy atom. The van der Waals surface area contributed by atoms with Gasteiger partial charge in [0.2, 0.25) is 5.13 Å². The lowest BCUT2D eigenvalue weighted by Gasteiger charge is -2.04. The summed E-state index contributed by atoms with van der Waals surface area (Å²) in [6, 6.07) is 6.23. The number of nitrogens with zero attached hydrogens (tertiary/aromatic N) is 3. The van der Waals surface area contributed by atoms with E-state index in [1.807, 2.05) is 0 Å². The predicted octanol–water partition coefficient (Wildman–Crippen LogP) is 0.0441.